The summed E-state index contributed by atoms with van der Waals surface area (Å²) in [4.78, 5) is 12.0. The van der Waals surface area contributed by atoms with E-state index in [2.05, 4.69) is 4.74 Å². The summed E-state index contributed by atoms with van der Waals surface area (Å²) in [6.45, 7) is 6.40. The van der Waals surface area contributed by atoms with Crippen LogP contribution in [0.15, 0.2) is 0 Å². The summed E-state index contributed by atoms with van der Waals surface area (Å²) in [6.07, 6.45) is -6.94. The molecule has 2 fully saturated rings. The van der Waals surface area contributed by atoms with Crippen LogP contribution < -0.4 is 0 Å². The molecule has 2 heterocycles. The molecular weight excluding hydrogens is 371 g/mol. The van der Waals surface area contributed by atoms with Crippen molar-refractivity contribution in [2.24, 2.45) is 5.92 Å². The van der Waals surface area contributed by atoms with E-state index in [9.17, 15) is 19.4 Å². The first-order valence-electron chi connectivity index (χ1n) is 8.22. The zero-order valence-corrected chi connectivity index (χ0v) is 16.1. The maximum Gasteiger partial charge on any atom is 0.369 e. The molecule has 7 unspecified atom stereocenters. The number of esters is 1. The average molecular weight is 396 g/mol. The Bertz CT molecular complexity index is 558. The lowest BCUT2D eigenvalue weighted by Gasteiger charge is -2.47. The van der Waals surface area contributed by atoms with Crippen LogP contribution >= 0.6 is 12.2 Å². The van der Waals surface area contributed by atoms with Crippen LogP contribution in [0.4, 0.5) is 4.39 Å². The standard InChI is InChI=1S/C16H25FO8S/c1-7-11(10(18)9-6-22-15(3,4)24-9)25-16(20,14(19)21-5)13(17)12(7)23-8(2)26/h7,9-13,18,20H,6H2,1-5H3. The second-order valence-corrected chi connectivity index (χ2v) is 7.54. The summed E-state index contributed by atoms with van der Waals surface area (Å²) in [5, 5.41) is 21.2. The van der Waals surface area contributed by atoms with E-state index in [1.165, 1.54) is 6.92 Å². The molecule has 150 valence electrons. The highest BCUT2D eigenvalue weighted by molar-refractivity contribution is 7.80. The molecular formula is C16H25FO8S. The van der Waals surface area contributed by atoms with E-state index < -0.39 is 54.0 Å². The van der Waals surface area contributed by atoms with Crippen molar-refractivity contribution in [2.45, 2.75) is 69.9 Å². The van der Waals surface area contributed by atoms with Crippen molar-refractivity contribution in [2.75, 3.05) is 13.7 Å². The number of hydrogen-bond acceptors (Lipinski definition) is 9. The molecule has 0 aromatic heterocycles. The number of halogens is 1. The van der Waals surface area contributed by atoms with Gasteiger partial charge in [0.25, 0.3) is 0 Å². The Morgan fingerprint density at radius 3 is 2.46 bits per heavy atom. The smallest absolute Gasteiger partial charge is 0.369 e. The van der Waals surface area contributed by atoms with Gasteiger partial charge in [0.05, 0.1) is 19.8 Å². The SMILES string of the molecule is COC(=O)C1(O)OC(C(O)C2COC(C)(C)O2)C(C)C(OC(C)=S)C1F. The van der Waals surface area contributed by atoms with Gasteiger partial charge in [-0.1, -0.05) is 6.92 Å². The zero-order valence-electron chi connectivity index (χ0n) is 15.3. The van der Waals surface area contributed by atoms with Crippen molar-refractivity contribution in [3.05, 3.63) is 0 Å². The molecule has 0 aromatic rings. The van der Waals surface area contributed by atoms with Gasteiger partial charge >= 0.3 is 11.8 Å². The third-order valence-corrected chi connectivity index (χ3v) is 4.64. The predicted octanol–water partition coefficient (Wildman–Crippen LogP) is 0.466. The van der Waals surface area contributed by atoms with Gasteiger partial charge in [-0.05, 0) is 26.1 Å². The van der Waals surface area contributed by atoms with Crippen molar-refractivity contribution < 1.29 is 43.1 Å². The second kappa shape index (κ2) is 7.61. The van der Waals surface area contributed by atoms with E-state index in [0.29, 0.717) is 0 Å². The first-order chi connectivity index (χ1) is 11.9. The number of thiocarbonyl (C=S) groups is 1. The summed E-state index contributed by atoms with van der Waals surface area (Å²) in [5.41, 5.74) is 0. The third kappa shape index (κ3) is 4.00. The minimum Gasteiger partial charge on any atom is -0.481 e. The number of aliphatic hydroxyl groups excluding tert-OH is 1. The number of ether oxygens (including phenoxy) is 5. The molecule has 8 nitrogen and oxygen atoms in total. The Morgan fingerprint density at radius 1 is 1.38 bits per heavy atom. The molecule has 2 aliphatic rings. The number of hydrogen-bond donors (Lipinski definition) is 2. The van der Waals surface area contributed by atoms with Crippen molar-refractivity contribution in [1.29, 1.82) is 0 Å². The van der Waals surface area contributed by atoms with Gasteiger partial charge in [0, 0.05) is 12.8 Å². The molecule has 26 heavy (non-hydrogen) atoms. The second-order valence-electron chi connectivity index (χ2n) is 6.96. The maximum atomic E-state index is 14.9. The minimum atomic E-state index is -2.95. The molecule has 0 saturated carbocycles. The average Bonchev–Trinajstić information content (AvgIpc) is 2.93. The lowest BCUT2D eigenvalue weighted by atomic mass is 9.83. The Kier molecular flexibility index (Phi) is 6.26. The van der Waals surface area contributed by atoms with Gasteiger partial charge in [0.1, 0.15) is 18.3 Å². The van der Waals surface area contributed by atoms with Crippen LogP contribution in [0.2, 0.25) is 0 Å². The summed E-state index contributed by atoms with van der Waals surface area (Å²) in [7, 11) is 0.983. The van der Waals surface area contributed by atoms with E-state index in [1.807, 2.05) is 0 Å². The number of carbonyl (C=O) groups is 1. The van der Waals surface area contributed by atoms with E-state index in [1.54, 1.807) is 20.8 Å². The van der Waals surface area contributed by atoms with Crippen LogP contribution in [0.1, 0.15) is 27.7 Å². The van der Waals surface area contributed by atoms with Crippen LogP contribution in [-0.4, -0.2) is 77.1 Å². The summed E-state index contributed by atoms with van der Waals surface area (Å²) >= 11 is 4.86. The maximum absolute atomic E-state index is 14.9. The molecule has 10 heteroatoms. The van der Waals surface area contributed by atoms with E-state index in [0.717, 1.165) is 7.11 Å². The van der Waals surface area contributed by atoms with Crippen LogP contribution in [0.3, 0.4) is 0 Å². The highest BCUT2D eigenvalue weighted by Gasteiger charge is 2.62. The highest BCUT2D eigenvalue weighted by Crippen LogP contribution is 2.39. The predicted molar refractivity (Wildman–Crippen MR) is 90.0 cm³/mol. The van der Waals surface area contributed by atoms with Gasteiger partial charge < -0.3 is 33.9 Å². The monoisotopic (exact) mass is 396 g/mol. The van der Waals surface area contributed by atoms with E-state index in [-0.39, 0.29) is 11.7 Å². The fourth-order valence-corrected chi connectivity index (χ4v) is 3.31. The molecule has 2 rings (SSSR count). The molecule has 0 aliphatic carbocycles. The van der Waals surface area contributed by atoms with Gasteiger partial charge in [-0.15, -0.1) is 0 Å². The zero-order chi connectivity index (χ0) is 19.9. The van der Waals surface area contributed by atoms with Crippen molar-refractivity contribution in [3.63, 3.8) is 0 Å². The Morgan fingerprint density at radius 2 is 2.00 bits per heavy atom. The third-order valence-electron chi connectivity index (χ3n) is 4.54. The molecule has 0 aromatic carbocycles. The van der Waals surface area contributed by atoms with Gasteiger partial charge in [-0.2, -0.15) is 0 Å². The normalized spacial score (nSPS) is 40.7. The largest absolute Gasteiger partial charge is 0.481 e. The molecule has 7 atom stereocenters. The molecule has 0 bridgehead atoms. The van der Waals surface area contributed by atoms with Gasteiger partial charge in [-0.3, -0.25) is 0 Å². The Labute approximate surface area is 156 Å². The summed E-state index contributed by atoms with van der Waals surface area (Å²) in [5.74, 6) is -5.97. The fraction of sp³-hybridized carbons (Fsp3) is 0.875. The lowest BCUT2D eigenvalue weighted by molar-refractivity contribution is -0.327. The number of aliphatic hydroxyl groups is 2. The molecule has 2 N–H and O–H groups in total. The molecule has 0 spiro atoms. The van der Waals surface area contributed by atoms with Crippen LogP contribution in [0.25, 0.3) is 0 Å². The van der Waals surface area contributed by atoms with Crippen molar-refractivity contribution in [3.8, 4) is 0 Å². The van der Waals surface area contributed by atoms with Crippen molar-refractivity contribution >= 4 is 23.2 Å². The Balaban J connectivity index is 2.32. The first-order valence-corrected chi connectivity index (χ1v) is 8.63. The molecule has 2 saturated heterocycles. The van der Waals surface area contributed by atoms with Crippen LogP contribution in [-0.2, 0) is 28.5 Å². The van der Waals surface area contributed by atoms with Crippen LogP contribution in [0, 0.1) is 5.92 Å². The molecule has 0 radical (unpaired) electrons. The van der Waals surface area contributed by atoms with Gasteiger partial charge in [-0.25, -0.2) is 9.18 Å². The number of methoxy groups -OCH3 is 1. The Hall–Kier alpha value is -0.910. The quantitative estimate of drug-likeness (QED) is 0.518. The highest BCUT2D eigenvalue weighted by atomic mass is 32.1. The lowest BCUT2D eigenvalue weighted by Crippen LogP contribution is -2.67. The van der Waals surface area contributed by atoms with Crippen LogP contribution in [0.5, 0.6) is 0 Å². The minimum absolute atomic E-state index is 0.0217. The van der Waals surface area contributed by atoms with E-state index in [4.69, 9.17) is 31.2 Å². The first kappa shape index (κ1) is 21.4. The van der Waals surface area contributed by atoms with Crippen molar-refractivity contribution in [1.82, 2.24) is 0 Å². The summed E-state index contributed by atoms with van der Waals surface area (Å²) < 4.78 is 41.0. The number of rotatable bonds is 4. The number of alkyl halides is 1. The van der Waals surface area contributed by atoms with Gasteiger partial charge in [0.2, 0.25) is 6.17 Å². The van der Waals surface area contributed by atoms with E-state index >= 15 is 0 Å². The van der Waals surface area contributed by atoms with Gasteiger partial charge in [0.15, 0.2) is 10.8 Å². The topological polar surface area (TPSA) is 104 Å². The number of carbonyl (C=O) groups excluding carboxylic acids is 1. The molecule has 0 amide bonds. The molecule has 2 aliphatic heterocycles. The summed E-state index contributed by atoms with van der Waals surface area (Å²) in [6, 6.07) is 0. The fourth-order valence-electron chi connectivity index (χ4n) is 3.20.